The highest BCUT2D eigenvalue weighted by atomic mass is 16.6. The average Bonchev–Trinajstić information content (AvgIpc) is 3.55. The molecule has 5 heteroatoms. The number of hydrogen-bond donors (Lipinski definition) is 2. The van der Waals surface area contributed by atoms with Gasteiger partial charge >= 0.3 is 5.97 Å². The molecule has 3 fully saturated rings. The number of aliphatic carboxylic acids is 1. The van der Waals surface area contributed by atoms with E-state index in [1.165, 1.54) is 0 Å². The molecule has 0 saturated heterocycles. The molecule has 0 bridgehead atoms. The molecule has 0 amide bonds. The highest BCUT2D eigenvalue weighted by Gasteiger charge is 2.73. The van der Waals surface area contributed by atoms with Crippen LogP contribution in [-0.2, 0) is 14.3 Å². The summed E-state index contributed by atoms with van der Waals surface area (Å²) in [7, 11) is 0. The van der Waals surface area contributed by atoms with E-state index >= 15 is 0 Å². The molecule has 3 saturated carbocycles. The molecular formula is C30H42O5. The lowest BCUT2D eigenvalue weighted by Gasteiger charge is -2.69. The summed E-state index contributed by atoms with van der Waals surface area (Å²) < 4.78 is 5.87. The zero-order valence-electron chi connectivity index (χ0n) is 22.5. The van der Waals surface area contributed by atoms with Gasteiger partial charge in [0.25, 0.3) is 0 Å². The molecule has 0 spiro atoms. The average molecular weight is 483 g/mol. The zero-order chi connectivity index (χ0) is 25.6. The fourth-order valence-corrected chi connectivity index (χ4v) is 10.4. The third-order valence-corrected chi connectivity index (χ3v) is 12.7. The highest BCUT2D eigenvalue weighted by molar-refractivity contribution is 5.96. The van der Waals surface area contributed by atoms with E-state index < -0.39 is 22.9 Å². The number of fused-ring (bicyclic) bond motifs is 7. The van der Waals surface area contributed by atoms with E-state index in [4.69, 9.17) is 4.74 Å². The Bertz CT molecular complexity index is 1110. The topological polar surface area (TPSA) is 87.1 Å². The molecule has 1 heterocycles. The van der Waals surface area contributed by atoms with Gasteiger partial charge in [0.15, 0.2) is 17.3 Å². The van der Waals surface area contributed by atoms with Crippen LogP contribution in [0.1, 0.15) is 93.4 Å². The number of rotatable bonds is 1. The lowest BCUT2D eigenvalue weighted by Crippen LogP contribution is -2.66. The second-order valence-electron chi connectivity index (χ2n) is 14.9. The number of carbonyl (C=O) groups is 2. The van der Waals surface area contributed by atoms with Crippen molar-refractivity contribution in [3.63, 3.8) is 0 Å². The van der Waals surface area contributed by atoms with Gasteiger partial charge in [-0.3, -0.25) is 9.59 Å². The number of allylic oxidation sites excluding steroid dienone is 2. The quantitative estimate of drug-likeness (QED) is 0.488. The van der Waals surface area contributed by atoms with Crippen molar-refractivity contribution in [1.82, 2.24) is 0 Å². The number of aliphatic hydroxyl groups excluding tert-OH is 1. The van der Waals surface area contributed by atoms with E-state index in [1.807, 2.05) is 6.08 Å². The second-order valence-corrected chi connectivity index (χ2v) is 14.9. The van der Waals surface area contributed by atoms with E-state index in [1.54, 1.807) is 0 Å². The summed E-state index contributed by atoms with van der Waals surface area (Å²) in [6, 6.07) is 0. The first-order chi connectivity index (χ1) is 16.1. The van der Waals surface area contributed by atoms with Gasteiger partial charge < -0.3 is 14.9 Å². The predicted molar refractivity (Wildman–Crippen MR) is 132 cm³/mol. The summed E-state index contributed by atoms with van der Waals surface area (Å²) in [6.45, 7) is 15.6. The lowest BCUT2D eigenvalue weighted by molar-refractivity contribution is -0.191. The minimum atomic E-state index is -0.800. The van der Waals surface area contributed by atoms with Gasteiger partial charge in [-0.05, 0) is 79.1 Å². The molecule has 5 aliphatic carbocycles. The predicted octanol–water partition coefficient (Wildman–Crippen LogP) is 5.87. The molecule has 6 rings (SSSR count). The number of ether oxygens (including phenoxy) is 1. The van der Waals surface area contributed by atoms with Crippen molar-refractivity contribution in [2.45, 2.75) is 99.5 Å². The Morgan fingerprint density at radius 2 is 1.66 bits per heavy atom. The largest absolute Gasteiger partial charge is 0.481 e. The number of carboxylic acids is 1. The van der Waals surface area contributed by atoms with E-state index in [0.29, 0.717) is 18.6 Å². The van der Waals surface area contributed by atoms with Gasteiger partial charge in [0.2, 0.25) is 0 Å². The van der Waals surface area contributed by atoms with Crippen LogP contribution in [0.5, 0.6) is 0 Å². The molecule has 3 unspecified atom stereocenters. The highest BCUT2D eigenvalue weighted by Crippen LogP contribution is 2.76. The standard InChI is InChI=1S/C30H42O5/c1-25(2)10-12-30(24(33)34)13-11-28(6)20(16(30)15-25)17(31)14-19-27(28,5)9-8-18-26(3,4)23-21(35-23)22(32)29(18,19)7/h14,16,18,20,22,32H,8-13,15H2,1-7H3,(H,33,34)/t16?,18?,20?,22-,27+,28+,29-,30-/m0/s1. The molecule has 0 aromatic heterocycles. The van der Waals surface area contributed by atoms with Gasteiger partial charge in [-0.25, -0.2) is 0 Å². The van der Waals surface area contributed by atoms with Crippen LogP contribution in [-0.4, -0.2) is 28.1 Å². The minimum absolute atomic E-state index is 0.0342. The third kappa shape index (κ3) is 2.54. The van der Waals surface area contributed by atoms with Crippen LogP contribution >= 0.6 is 0 Å². The van der Waals surface area contributed by atoms with Gasteiger partial charge in [-0.2, -0.15) is 0 Å². The van der Waals surface area contributed by atoms with E-state index in [-0.39, 0.29) is 45.2 Å². The number of carbonyl (C=O) groups excluding carboxylic acids is 1. The molecule has 192 valence electrons. The molecule has 1 aliphatic heterocycles. The van der Waals surface area contributed by atoms with Crippen LogP contribution in [0.15, 0.2) is 23.2 Å². The summed E-state index contributed by atoms with van der Waals surface area (Å²) >= 11 is 0. The Hall–Kier alpha value is -1.62. The summed E-state index contributed by atoms with van der Waals surface area (Å²) in [5.74, 6) is 0.784. The van der Waals surface area contributed by atoms with Crippen LogP contribution in [0, 0.1) is 50.2 Å². The van der Waals surface area contributed by atoms with E-state index in [2.05, 4.69) is 48.5 Å². The first-order valence-electron chi connectivity index (χ1n) is 13.7. The van der Waals surface area contributed by atoms with Crippen LogP contribution in [0.4, 0.5) is 0 Å². The monoisotopic (exact) mass is 482 g/mol. The summed E-state index contributed by atoms with van der Waals surface area (Å²) in [5.41, 5.74) is -1.02. The molecule has 5 nitrogen and oxygen atoms in total. The van der Waals surface area contributed by atoms with Crippen molar-refractivity contribution in [1.29, 1.82) is 0 Å². The van der Waals surface area contributed by atoms with Gasteiger partial charge in [-0.1, -0.05) is 54.0 Å². The Kier molecular flexibility index (Phi) is 4.37. The number of aliphatic hydroxyl groups is 1. The lowest BCUT2D eigenvalue weighted by atomic mass is 9.34. The fourth-order valence-electron chi connectivity index (χ4n) is 10.4. The van der Waals surface area contributed by atoms with Crippen molar-refractivity contribution in [2.24, 2.45) is 50.2 Å². The van der Waals surface area contributed by atoms with Crippen molar-refractivity contribution < 1.29 is 24.5 Å². The maximum atomic E-state index is 14.2. The second kappa shape index (κ2) is 6.44. The minimum Gasteiger partial charge on any atom is -0.481 e. The molecule has 0 aromatic carbocycles. The van der Waals surface area contributed by atoms with Crippen LogP contribution in [0.3, 0.4) is 0 Å². The Balaban J connectivity index is 1.52. The Morgan fingerprint density at radius 3 is 2.31 bits per heavy atom. The zero-order valence-corrected chi connectivity index (χ0v) is 22.5. The van der Waals surface area contributed by atoms with Crippen LogP contribution in [0.25, 0.3) is 0 Å². The summed E-state index contributed by atoms with van der Waals surface area (Å²) in [6.07, 6.45) is 6.78. The normalized spacial score (nSPS) is 51.0. The molecule has 35 heavy (non-hydrogen) atoms. The molecule has 6 aliphatic rings. The maximum absolute atomic E-state index is 14.2. The van der Waals surface area contributed by atoms with Crippen LogP contribution < -0.4 is 0 Å². The van der Waals surface area contributed by atoms with Gasteiger partial charge in [0, 0.05) is 16.7 Å². The van der Waals surface area contributed by atoms with Crippen molar-refractivity contribution >= 4 is 11.8 Å². The summed E-state index contributed by atoms with van der Waals surface area (Å²) in [5, 5.41) is 22.1. The molecule has 0 radical (unpaired) electrons. The first-order valence-corrected chi connectivity index (χ1v) is 13.7. The van der Waals surface area contributed by atoms with E-state index in [9.17, 15) is 19.8 Å². The smallest absolute Gasteiger partial charge is 0.309 e. The van der Waals surface area contributed by atoms with Gasteiger partial charge in [-0.15, -0.1) is 0 Å². The summed E-state index contributed by atoms with van der Waals surface area (Å²) in [4.78, 5) is 27.0. The fraction of sp³-hybridized carbons (Fsp3) is 0.800. The molecule has 2 N–H and O–H groups in total. The molecular weight excluding hydrogens is 440 g/mol. The number of hydrogen-bond acceptors (Lipinski definition) is 4. The van der Waals surface area contributed by atoms with E-state index in [0.717, 1.165) is 43.4 Å². The molecule has 8 atom stereocenters. The van der Waals surface area contributed by atoms with Crippen molar-refractivity contribution in [3.05, 3.63) is 23.2 Å². The molecule has 0 aromatic rings. The SMILES string of the molecule is CC1(C)CC[C@]2(C(=O)O)CC[C@]3(C)C(C(=O)C=C4[C@]5(C)C(CC[C@]43C)C(C)(C)C3=C(O3)[C@@H]5O)C2C1. The third-order valence-electron chi connectivity index (χ3n) is 12.7. The number of ketones is 1. The number of carboxylic acid groups (broad SMARTS) is 1. The van der Waals surface area contributed by atoms with Crippen molar-refractivity contribution in [2.75, 3.05) is 0 Å². The van der Waals surface area contributed by atoms with Crippen molar-refractivity contribution in [3.8, 4) is 0 Å². The van der Waals surface area contributed by atoms with Gasteiger partial charge in [0.05, 0.1) is 5.41 Å². The first kappa shape index (κ1) is 23.8. The maximum Gasteiger partial charge on any atom is 0.309 e. The van der Waals surface area contributed by atoms with Crippen LogP contribution in [0.2, 0.25) is 0 Å². The Morgan fingerprint density at radius 1 is 1.00 bits per heavy atom. The Labute approximate surface area is 209 Å². The van der Waals surface area contributed by atoms with Gasteiger partial charge in [0.1, 0.15) is 6.10 Å².